The Kier molecular flexibility index (Phi) is 5.78. The van der Waals surface area contributed by atoms with Gasteiger partial charge < -0.3 is 25.4 Å². The molecule has 0 spiro atoms. The van der Waals surface area contributed by atoms with Gasteiger partial charge in [-0.1, -0.05) is 13.0 Å². The number of aliphatic hydroxyl groups excluding tert-OH is 1. The lowest BCUT2D eigenvalue weighted by Crippen LogP contribution is -2.36. The van der Waals surface area contributed by atoms with Crippen molar-refractivity contribution in [2.75, 3.05) is 13.0 Å². The van der Waals surface area contributed by atoms with Crippen LogP contribution in [-0.4, -0.2) is 42.7 Å². The highest BCUT2D eigenvalue weighted by Gasteiger charge is 2.26. The quantitative estimate of drug-likeness (QED) is 0.625. The predicted molar refractivity (Wildman–Crippen MR) is 103 cm³/mol. The number of aliphatic hydroxyl groups is 1. The molecule has 2 heterocycles. The third-order valence-electron chi connectivity index (χ3n) is 4.69. The number of pyridine rings is 1. The molecule has 0 bridgehead atoms. The van der Waals surface area contributed by atoms with Gasteiger partial charge in [0.1, 0.15) is 11.9 Å². The molecular weight excluding hydrogens is 384 g/mol. The van der Waals surface area contributed by atoms with Crippen LogP contribution in [0, 0.1) is 5.92 Å². The number of sulfone groups is 1. The number of benzene rings is 1. The van der Waals surface area contributed by atoms with Crippen molar-refractivity contribution in [2.24, 2.45) is 11.7 Å². The first-order valence-electron chi connectivity index (χ1n) is 8.82. The molecule has 3 rings (SSSR count). The van der Waals surface area contributed by atoms with Crippen molar-refractivity contribution in [2.45, 2.75) is 31.2 Å². The van der Waals surface area contributed by atoms with E-state index in [2.05, 4.69) is 4.98 Å². The molecule has 3 unspecified atom stereocenters. The van der Waals surface area contributed by atoms with Crippen molar-refractivity contribution in [3.8, 4) is 17.2 Å². The van der Waals surface area contributed by atoms with E-state index in [9.17, 15) is 18.6 Å². The summed E-state index contributed by atoms with van der Waals surface area (Å²) in [5.74, 6) is 0.631. The highest BCUT2D eigenvalue weighted by atomic mass is 32.2. The van der Waals surface area contributed by atoms with Crippen molar-refractivity contribution < 1.29 is 28.1 Å². The largest absolute Gasteiger partial charge is 0.506 e. The molecule has 0 amide bonds. The lowest BCUT2D eigenvalue weighted by molar-refractivity contribution is 0.117. The summed E-state index contributed by atoms with van der Waals surface area (Å²) in [6.07, 6.45) is 0.544. The molecule has 0 fully saturated rings. The lowest BCUT2D eigenvalue weighted by Gasteiger charge is -2.25. The van der Waals surface area contributed by atoms with Crippen LogP contribution in [-0.2, 0) is 22.0 Å². The van der Waals surface area contributed by atoms with Gasteiger partial charge >= 0.3 is 0 Å². The summed E-state index contributed by atoms with van der Waals surface area (Å²) in [6, 6.07) is 7.77. The Morgan fingerprint density at radius 2 is 1.93 bits per heavy atom. The smallest absolute Gasteiger partial charge is 0.231 e. The second-order valence-corrected chi connectivity index (χ2v) is 9.30. The minimum Gasteiger partial charge on any atom is -0.506 e. The van der Waals surface area contributed by atoms with E-state index in [0.717, 1.165) is 11.8 Å². The Balaban J connectivity index is 1.72. The van der Waals surface area contributed by atoms with Crippen LogP contribution < -0.4 is 15.2 Å². The van der Waals surface area contributed by atoms with Crippen LogP contribution in [0.2, 0.25) is 0 Å². The lowest BCUT2D eigenvalue weighted by atomic mass is 9.89. The molecule has 8 nitrogen and oxygen atoms in total. The standard InChI is InChI=1S/C19H24N2O6S/c1-11(7-12-3-6-16-17(8-12)27-10-26-16)18(20)19(23)13-4-5-15(22)14(21-13)9-28(2,24)25/h3-6,8,11,18-19,22-23H,7,9-10,20H2,1-2H3. The minimum absolute atomic E-state index is 0.00493. The molecule has 1 aromatic carbocycles. The molecular formula is C19H24N2O6S. The second kappa shape index (κ2) is 7.94. The Hall–Kier alpha value is -2.36. The molecule has 152 valence electrons. The average Bonchev–Trinajstić information content (AvgIpc) is 3.09. The number of nitrogens with zero attached hydrogens (tertiary/aromatic N) is 1. The van der Waals surface area contributed by atoms with Crippen LogP contribution in [0.4, 0.5) is 0 Å². The van der Waals surface area contributed by atoms with Crippen LogP contribution in [0.1, 0.15) is 30.0 Å². The van der Waals surface area contributed by atoms with Crippen molar-refractivity contribution in [1.82, 2.24) is 4.98 Å². The van der Waals surface area contributed by atoms with Crippen LogP contribution >= 0.6 is 0 Å². The van der Waals surface area contributed by atoms with E-state index in [1.54, 1.807) is 0 Å². The molecule has 1 aliphatic heterocycles. The number of fused-ring (bicyclic) bond motifs is 1. The second-order valence-electron chi connectivity index (χ2n) is 7.16. The number of aromatic hydroxyl groups is 1. The van der Waals surface area contributed by atoms with E-state index >= 15 is 0 Å². The van der Waals surface area contributed by atoms with Gasteiger partial charge in [0.15, 0.2) is 21.3 Å². The molecule has 1 aliphatic rings. The van der Waals surface area contributed by atoms with Crippen molar-refractivity contribution in [3.05, 3.63) is 47.3 Å². The van der Waals surface area contributed by atoms with Gasteiger partial charge in [0, 0.05) is 12.3 Å². The van der Waals surface area contributed by atoms with Crippen molar-refractivity contribution in [3.63, 3.8) is 0 Å². The molecule has 1 aromatic heterocycles. The number of ether oxygens (including phenoxy) is 2. The van der Waals surface area contributed by atoms with Gasteiger partial charge in [-0.15, -0.1) is 0 Å². The summed E-state index contributed by atoms with van der Waals surface area (Å²) in [7, 11) is -3.38. The van der Waals surface area contributed by atoms with E-state index in [1.165, 1.54) is 12.1 Å². The third-order valence-corrected chi connectivity index (χ3v) is 5.49. The van der Waals surface area contributed by atoms with Crippen LogP contribution in [0.25, 0.3) is 0 Å². The molecule has 4 N–H and O–H groups in total. The Morgan fingerprint density at radius 3 is 2.64 bits per heavy atom. The monoisotopic (exact) mass is 408 g/mol. The Labute approximate surface area is 163 Å². The van der Waals surface area contributed by atoms with Crippen molar-refractivity contribution in [1.29, 1.82) is 0 Å². The molecule has 0 saturated heterocycles. The zero-order chi connectivity index (χ0) is 20.5. The highest BCUT2D eigenvalue weighted by molar-refractivity contribution is 7.89. The van der Waals surface area contributed by atoms with Gasteiger partial charge in [-0.25, -0.2) is 8.42 Å². The van der Waals surface area contributed by atoms with E-state index in [0.29, 0.717) is 17.9 Å². The van der Waals surface area contributed by atoms with Gasteiger partial charge in [0.05, 0.1) is 17.1 Å². The molecule has 28 heavy (non-hydrogen) atoms. The Bertz CT molecular complexity index is 963. The molecule has 3 atom stereocenters. The summed E-state index contributed by atoms with van der Waals surface area (Å²) in [6.45, 7) is 2.12. The number of hydrogen-bond acceptors (Lipinski definition) is 8. The third kappa shape index (κ3) is 4.73. The topological polar surface area (TPSA) is 132 Å². The summed E-state index contributed by atoms with van der Waals surface area (Å²) in [4.78, 5) is 4.12. The highest BCUT2D eigenvalue weighted by Crippen LogP contribution is 2.34. The fourth-order valence-corrected chi connectivity index (χ4v) is 3.82. The number of aromatic nitrogens is 1. The maximum Gasteiger partial charge on any atom is 0.231 e. The van der Waals surface area contributed by atoms with Gasteiger partial charge in [-0.3, -0.25) is 4.98 Å². The zero-order valence-electron chi connectivity index (χ0n) is 15.7. The maximum absolute atomic E-state index is 11.5. The summed E-state index contributed by atoms with van der Waals surface area (Å²) in [5, 5.41) is 20.5. The van der Waals surface area contributed by atoms with Crippen molar-refractivity contribution >= 4 is 9.84 Å². The molecule has 0 saturated carbocycles. The van der Waals surface area contributed by atoms with Gasteiger partial charge in [0.25, 0.3) is 0 Å². The first-order chi connectivity index (χ1) is 13.1. The fraction of sp³-hybridized carbons (Fsp3) is 0.421. The van der Waals surface area contributed by atoms with Gasteiger partial charge in [-0.2, -0.15) is 0 Å². The molecule has 2 aromatic rings. The molecule has 0 aliphatic carbocycles. The average molecular weight is 408 g/mol. The molecule has 9 heteroatoms. The number of hydrogen-bond donors (Lipinski definition) is 3. The zero-order valence-corrected chi connectivity index (χ0v) is 16.5. The van der Waals surface area contributed by atoms with E-state index in [-0.39, 0.29) is 29.8 Å². The first kappa shape index (κ1) is 20.4. The SMILES string of the molecule is CC(Cc1ccc2c(c1)OCO2)C(N)C(O)c1ccc(O)c(CS(C)(=O)=O)n1. The number of rotatable bonds is 7. The maximum atomic E-state index is 11.5. The normalized spacial score (nSPS) is 16.6. The van der Waals surface area contributed by atoms with E-state index < -0.39 is 27.7 Å². The van der Waals surface area contributed by atoms with Crippen LogP contribution in [0.3, 0.4) is 0 Å². The fourth-order valence-electron chi connectivity index (χ4n) is 3.11. The Morgan fingerprint density at radius 1 is 1.21 bits per heavy atom. The van der Waals surface area contributed by atoms with Gasteiger partial charge in [-0.05, 0) is 42.2 Å². The van der Waals surface area contributed by atoms with E-state index in [4.69, 9.17) is 15.2 Å². The summed E-state index contributed by atoms with van der Waals surface area (Å²) < 4.78 is 33.7. The summed E-state index contributed by atoms with van der Waals surface area (Å²) in [5.41, 5.74) is 7.46. The van der Waals surface area contributed by atoms with Crippen LogP contribution in [0.5, 0.6) is 17.2 Å². The summed E-state index contributed by atoms with van der Waals surface area (Å²) >= 11 is 0. The first-order valence-corrected chi connectivity index (χ1v) is 10.9. The predicted octanol–water partition coefficient (Wildman–Crippen LogP) is 1.30. The minimum atomic E-state index is -3.38. The number of nitrogens with two attached hydrogens (primary N) is 1. The van der Waals surface area contributed by atoms with Crippen LogP contribution in [0.15, 0.2) is 30.3 Å². The van der Waals surface area contributed by atoms with Gasteiger partial charge in [0.2, 0.25) is 6.79 Å². The molecule has 0 radical (unpaired) electrons. The van der Waals surface area contributed by atoms with E-state index in [1.807, 2.05) is 25.1 Å².